The number of alkyl halides is 1. The molecule has 3 rings (SSSR count). The fraction of sp³-hybridized carbons (Fsp3) is 0.500. The van der Waals surface area contributed by atoms with Gasteiger partial charge in [-0.15, -0.1) is 11.8 Å². The summed E-state index contributed by atoms with van der Waals surface area (Å²) >= 11 is 5.56. The first-order valence-electron chi connectivity index (χ1n) is 5.38. The third kappa shape index (κ3) is 1.55. The van der Waals surface area contributed by atoms with E-state index in [1.54, 1.807) is 0 Å². The van der Waals surface area contributed by atoms with Gasteiger partial charge in [0, 0.05) is 16.2 Å². The minimum atomic E-state index is -0.549. The van der Waals surface area contributed by atoms with Crippen molar-refractivity contribution in [2.24, 2.45) is 0 Å². The molecular weight excluding hydrogens is 288 g/mol. The maximum atomic E-state index is 5.89. The van der Waals surface area contributed by atoms with Crippen LogP contribution in [0.3, 0.4) is 0 Å². The first-order chi connectivity index (χ1) is 7.72. The highest BCUT2D eigenvalue weighted by Gasteiger charge is 2.48. The van der Waals surface area contributed by atoms with E-state index in [1.807, 2.05) is 11.8 Å². The molecule has 0 amide bonds. The molecule has 1 fully saturated rings. The summed E-state index contributed by atoms with van der Waals surface area (Å²) in [6.45, 7) is 3.46. The molecule has 1 saturated heterocycles. The van der Waals surface area contributed by atoms with E-state index in [2.05, 4.69) is 41.1 Å². The lowest BCUT2D eigenvalue weighted by atomic mass is 10.0. The van der Waals surface area contributed by atoms with E-state index in [-0.39, 0.29) is 4.83 Å². The van der Waals surface area contributed by atoms with E-state index < -0.39 is 5.79 Å². The van der Waals surface area contributed by atoms with E-state index in [4.69, 9.17) is 9.47 Å². The zero-order chi connectivity index (χ0) is 11.2. The first kappa shape index (κ1) is 11.1. The van der Waals surface area contributed by atoms with Crippen LogP contribution in [0.1, 0.15) is 11.1 Å². The van der Waals surface area contributed by atoms with Gasteiger partial charge >= 0.3 is 0 Å². The summed E-state index contributed by atoms with van der Waals surface area (Å²) in [5.74, 6) is 0.433. The average molecular weight is 301 g/mol. The number of rotatable bonds is 0. The Balaban J connectivity index is 2.15. The minimum absolute atomic E-state index is 0.224. The molecule has 16 heavy (non-hydrogen) atoms. The molecule has 0 bridgehead atoms. The van der Waals surface area contributed by atoms with E-state index in [0.717, 1.165) is 5.75 Å². The highest BCUT2D eigenvalue weighted by atomic mass is 79.9. The number of ether oxygens (including phenoxy) is 2. The van der Waals surface area contributed by atoms with Crippen molar-refractivity contribution in [2.45, 2.75) is 22.4 Å². The van der Waals surface area contributed by atoms with Gasteiger partial charge in [0.2, 0.25) is 5.79 Å². The van der Waals surface area contributed by atoms with Crippen LogP contribution in [0, 0.1) is 6.92 Å². The number of hydrogen-bond donors (Lipinski definition) is 0. The van der Waals surface area contributed by atoms with Gasteiger partial charge in [-0.1, -0.05) is 27.6 Å². The predicted molar refractivity (Wildman–Crippen MR) is 68.2 cm³/mol. The van der Waals surface area contributed by atoms with Gasteiger partial charge in [0.1, 0.15) is 0 Å². The minimum Gasteiger partial charge on any atom is -0.342 e. The van der Waals surface area contributed by atoms with Crippen molar-refractivity contribution in [2.75, 3.05) is 19.0 Å². The molecule has 1 aromatic rings. The Hall–Kier alpha value is -0.0300. The van der Waals surface area contributed by atoms with Gasteiger partial charge in [0.15, 0.2) is 0 Å². The molecule has 0 N–H and O–H groups in total. The van der Waals surface area contributed by atoms with Gasteiger partial charge in [0.05, 0.1) is 18.0 Å². The Bertz CT molecular complexity index is 415. The highest BCUT2D eigenvalue weighted by molar-refractivity contribution is 9.09. The predicted octanol–water partition coefficient (Wildman–Crippen LogP) is 3.06. The van der Waals surface area contributed by atoms with Gasteiger partial charge in [-0.25, -0.2) is 0 Å². The van der Waals surface area contributed by atoms with E-state index >= 15 is 0 Å². The van der Waals surface area contributed by atoms with Gasteiger partial charge in [0.25, 0.3) is 0 Å². The quantitative estimate of drug-likeness (QED) is 0.686. The fourth-order valence-corrected chi connectivity index (χ4v) is 4.22. The second-order valence-electron chi connectivity index (χ2n) is 4.14. The topological polar surface area (TPSA) is 18.5 Å². The van der Waals surface area contributed by atoms with Crippen LogP contribution in [-0.2, 0) is 15.3 Å². The molecule has 1 aromatic carbocycles. The summed E-state index contributed by atoms with van der Waals surface area (Å²) < 4.78 is 11.8. The zero-order valence-corrected chi connectivity index (χ0v) is 11.4. The molecule has 2 nitrogen and oxygen atoms in total. The molecule has 0 aliphatic carbocycles. The highest BCUT2D eigenvalue weighted by Crippen LogP contribution is 2.48. The molecule has 2 aliphatic rings. The molecular formula is C12H13BrO2S. The molecule has 0 saturated carbocycles. The van der Waals surface area contributed by atoms with Gasteiger partial charge in [-0.05, 0) is 19.1 Å². The van der Waals surface area contributed by atoms with Crippen molar-refractivity contribution in [3.63, 3.8) is 0 Å². The van der Waals surface area contributed by atoms with Crippen LogP contribution >= 0.6 is 27.7 Å². The van der Waals surface area contributed by atoms with Crippen LogP contribution in [-0.4, -0.2) is 23.8 Å². The van der Waals surface area contributed by atoms with Crippen molar-refractivity contribution >= 4 is 27.7 Å². The third-order valence-electron chi connectivity index (χ3n) is 3.02. The molecule has 1 spiro atoms. The van der Waals surface area contributed by atoms with Gasteiger partial charge in [-0.3, -0.25) is 0 Å². The lowest BCUT2D eigenvalue weighted by molar-refractivity contribution is -0.163. The standard InChI is InChI=1S/C12H13BrO2S/c1-8-2-3-10-9(6-8)12(11(13)7-16-10)14-4-5-15-12/h2-3,6,11H,4-5,7H2,1H3. The number of halogens is 1. The van der Waals surface area contributed by atoms with Crippen LogP contribution in [0.4, 0.5) is 0 Å². The van der Waals surface area contributed by atoms with Crippen molar-refractivity contribution in [1.82, 2.24) is 0 Å². The first-order valence-corrected chi connectivity index (χ1v) is 7.28. The van der Waals surface area contributed by atoms with E-state index in [0.29, 0.717) is 13.2 Å². The van der Waals surface area contributed by atoms with Crippen molar-refractivity contribution in [3.8, 4) is 0 Å². The Labute approximate surface area is 108 Å². The van der Waals surface area contributed by atoms with Crippen LogP contribution in [0.5, 0.6) is 0 Å². The SMILES string of the molecule is Cc1ccc2c(c1)C1(OCCO1)C(Br)CS2. The molecule has 2 heterocycles. The summed E-state index contributed by atoms with van der Waals surface area (Å²) in [4.78, 5) is 1.50. The molecule has 4 heteroatoms. The van der Waals surface area contributed by atoms with Crippen LogP contribution in [0.25, 0.3) is 0 Å². The van der Waals surface area contributed by atoms with Crippen LogP contribution in [0.15, 0.2) is 23.1 Å². The average Bonchev–Trinajstić information content (AvgIpc) is 2.75. The summed E-state index contributed by atoms with van der Waals surface area (Å²) in [6, 6.07) is 6.49. The largest absolute Gasteiger partial charge is 0.342 e. The maximum Gasteiger partial charge on any atom is 0.209 e. The summed E-state index contributed by atoms with van der Waals surface area (Å²) in [6.07, 6.45) is 0. The van der Waals surface area contributed by atoms with Gasteiger partial charge < -0.3 is 9.47 Å². The van der Waals surface area contributed by atoms with Crippen molar-refractivity contribution in [3.05, 3.63) is 29.3 Å². The Morgan fingerprint density at radius 2 is 2.12 bits per heavy atom. The smallest absolute Gasteiger partial charge is 0.209 e. The Morgan fingerprint density at radius 1 is 1.38 bits per heavy atom. The number of aryl methyl sites for hydroxylation is 1. The van der Waals surface area contributed by atoms with Gasteiger partial charge in [-0.2, -0.15) is 0 Å². The molecule has 1 unspecified atom stereocenters. The zero-order valence-electron chi connectivity index (χ0n) is 9.03. The fourth-order valence-electron chi connectivity index (χ4n) is 2.25. The van der Waals surface area contributed by atoms with E-state index in [1.165, 1.54) is 16.0 Å². The molecule has 0 radical (unpaired) electrons. The number of fused-ring (bicyclic) bond motifs is 2. The van der Waals surface area contributed by atoms with Crippen LogP contribution < -0.4 is 0 Å². The lowest BCUT2D eigenvalue weighted by Gasteiger charge is -2.37. The maximum absolute atomic E-state index is 5.89. The summed E-state index contributed by atoms with van der Waals surface area (Å²) in [5.41, 5.74) is 2.43. The monoisotopic (exact) mass is 300 g/mol. The van der Waals surface area contributed by atoms with Crippen LogP contribution in [0.2, 0.25) is 0 Å². The summed E-state index contributed by atoms with van der Waals surface area (Å²) in [7, 11) is 0. The number of thioether (sulfide) groups is 1. The second-order valence-corrected chi connectivity index (χ2v) is 6.31. The Morgan fingerprint density at radius 3 is 2.88 bits per heavy atom. The lowest BCUT2D eigenvalue weighted by Crippen LogP contribution is -2.41. The summed E-state index contributed by atoms with van der Waals surface area (Å²) in [5, 5.41) is 0. The second kappa shape index (κ2) is 4.02. The Kier molecular flexibility index (Phi) is 2.78. The number of hydrogen-bond acceptors (Lipinski definition) is 3. The van der Waals surface area contributed by atoms with Crippen molar-refractivity contribution < 1.29 is 9.47 Å². The number of benzene rings is 1. The van der Waals surface area contributed by atoms with E-state index in [9.17, 15) is 0 Å². The third-order valence-corrected chi connectivity index (χ3v) is 5.55. The molecule has 86 valence electrons. The normalized spacial score (nSPS) is 27.0. The molecule has 0 aromatic heterocycles. The van der Waals surface area contributed by atoms with Crippen molar-refractivity contribution in [1.29, 1.82) is 0 Å². The molecule has 2 aliphatic heterocycles. The molecule has 1 atom stereocenters.